The Labute approximate surface area is 123 Å². The van der Waals surface area contributed by atoms with Crippen molar-refractivity contribution < 1.29 is 9.66 Å². The molecule has 110 valence electrons. The number of benzene rings is 1. The molecule has 0 N–H and O–H groups in total. The lowest BCUT2D eigenvalue weighted by Crippen LogP contribution is -2.17. The summed E-state index contributed by atoms with van der Waals surface area (Å²) in [5.74, 6) is 0.656. The van der Waals surface area contributed by atoms with E-state index in [-0.39, 0.29) is 17.0 Å². The monoisotopic (exact) mass is 287 g/mol. The molecular formula is C15H17N3O3. The molecule has 1 heterocycles. The van der Waals surface area contributed by atoms with Gasteiger partial charge in [0.25, 0.3) is 5.69 Å². The Morgan fingerprint density at radius 3 is 3.10 bits per heavy atom. The van der Waals surface area contributed by atoms with Crippen LogP contribution < -0.4 is 4.74 Å². The molecule has 0 aliphatic carbocycles. The van der Waals surface area contributed by atoms with Crippen LogP contribution in [0.5, 0.6) is 5.75 Å². The average molecular weight is 287 g/mol. The molecule has 1 aliphatic rings. The number of hydrogen-bond donors (Lipinski definition) is 0. The number of allylic oxidation sites excluding steroid dienone is 1. The van der Waals surface area contributed by atoms with Crippen molar-refractivity contribution in [1.29, 1.82) is 5.26 Å². The van der Waals surface area contributed by atoms with Crippen LogP contribution in [0.3, 0.4) is 0 Å². The molecule has 0 saturated carbocycles. The lowest BCUT2D eigenvalue weighted by atomic mass is 10.1. The molecule has 21 heavy (non-hydrogen) atoms. The molecule has 1 aliphatic heterocycles. The Morgan fingerprint density at radius 2 is 2.43 bits per heavy atom. The minimum atomic E-state index is -0.561. The third-order valence-corrected chi connectivity index (χ3v) is 3.46. The zero-order valence-electron chi connectivity index (χ0n) is 11.9. The number of nitro benzene ring substituents is 1. The summed E-state index contributed by atoms with van der Waals surface area (Å²) in [6.45, 7) is 4.33. The van der Waals surface area contributed by atoms with Crippen LogP contribution in [0.4, 0.5) is 5.69 Å². The summed E-state index contributed by atoms with van der Waals surface area (Å²) >= 11 is 0. The zero-order valence-corrected chi connectivity index (χ0v) is 11.9. The second-order valence-electron chi connectivity index (χ2n) is 4.96. The van der Waals surface area contributed by atoms with Crippen molar-refractivity contribution in [3.05, 3.63) is 46.2 Å². The summed E-state index contributed by atoms with van der Waals surface area (Å²) in [4.78, 5) is 12.5. The van der Waals surface area contributed by atoms with Gasteiger partial charge in [0.15, 0.2) is 5.56 Å². The number of hydrogen-bond acceptors (Lipinski definition) is 5. The van der Waals surface area contributed by atoms with Gasteiger partial charge < -0.3 is 9.64 Å². The van der Waals surface area contributed by atoms with Crippen LogP contribution in [0.15, 0.2) is 30.5 Å². The van der Waals surface area contributed by atoms with Crippen molar-refractivity contribution in [2.45, 2.75) is 13.3 Å². The van der Waals surface area contributed by atoms with Crippen LogP contribution in [0.25, 0.3) is 0 Å². The van der Waals surface area contributed by atoms with Crippen molar-refractivity contribution >= 4 is 5.69 Å². The SMILES string of the molecule is CC=CN1CCC(COc2cccc([N+](=O)[O-])c2C#N)C1. The minimum absolute atomic E-state index is 0.00851. The summed E-state index contributed by atoms with van der Waals surface area (Å²) in [6.07, 6.45) is 5.06. The molecule has 1 atom stereocenters. The molecule has 6 heteroatoms. The van der Waals surface area contributed by atoms with Gasteiger partial charge in [-0.2, -0.15) is 5.26 Å². The van der Waals surface area contributed by atoms with E-state index in [4.69, 9.17) is 10.00 Å². The molecule has 0 radical (unpaired) electrons. The molecule has 0 spiro atoms. The van der Waals surface area contributed by atoms with E-state index in [2.05, 4.69) is 4.90 Å². The maximum atomic E-state index is 10.9. The second kappa shape index (κ2) is 6.75. The van der Waals surface area contributed by atoms with E-state index in [9.17, 15) is 10.1 Å². The summed E-state index contributed by atoms with van der Waals surface area (Å²) < 4.78 is 5.65. The van der Waals surface area contributed by atoms with Crippen LogP contribution in [0, 0.1) is 27.4 Å². The largest absolute Gasteiger partial charge is 0.492 e. The van der Waals surface area contributed by atoms with Crippen LogP contribution in [-0.4, -0.2) is 29.5 Å². The highest BCUT2D eigenvalue weighted by atomic mass is 16.6. The lowest BCUT2D eigenvalue weighted by molar-refractivity contribution is -0.385. The predicted octanol–water partition coefficient (Wildman–Crippen LogP) is 2.70. The Hall–Kier alpha value is -2.55. The molecule has 0 bridgehead atoms. The average Bonchev–Trinajstić information content (AvgIpc) is 2.92. The van der Waals surface area contributed by atoms with Gasteiger partial charge in [0.05, 0.1) is 11.5 Å². The number of nitriles is 1. The molecule has 2 rings (SSSR count). The number of nitro groups is 1. The molecule has 1 saturated heterocycles. The Kier molecular flexibility index (Phi) is 4.77. The third-order valence-electron chi connectivity index (χ3n) is 3.46. The van der Waals surface area contributed by atoms with Crippen molar-refractivity contribution in [3.8, 4) is 11.8 Å². The van der Waals surface area contributed by atoms with E-state index >= 15 is 0 Å². The van der Waals surface area contributed by atoms with E-state index in [1.807, 2.05) is 25.3 Å². The number of likely N-dealkylation sites (tertiary alicyclic amines) is 1. The van der Waals surface area contributed by atoms with E-state index < -0.39 is 4.92 Å². The topological polar surface area (TPSA) is 79.4 Å². The molecule has 1 unspecified atom stereocenters. The van der Waals surface area contributed by atoms with Gasteiger partial charge in [-0.05, 0) is 25.6 Å². The maximum absolute atomic E-state index is 10.9. The predicted molar refractivity (Wildman–Crippen MR) is 77.8 cm³/mol. The van der Waals surface area contributed by atoms with E-state index in [1.54, 1.807) is 6.07 Å². The van der Waals surface area contributed by atoms with Gasteiger partial charge in [-0.3, -0.25) is 10.1 Å². The number of rotatable bonds is 5. The molecule has 1 aromatic rings. The van der Waals surface area contributed by atoms with Gasteiger partial charge in [-0.15, -0.1) is 0 Å². The first-order chi connectivity index (χ1) is 10.2. The molecular weight excluding hydrogens is 270 g/mol. The summed E-state index contributed by atoms with van der Waals surface area (Å²) in [7, 11) is 0. The summed E-state index contributed by atoms with van der Waals surface area (Å²) in [5.41, 5.74) is -0.220. The zero-order chi connectivity index (χ0) is 15.2. The van der Waals surface area contributed by atoms with Crippen molar-refractivity contribution in [2.24, 2.45) is 5.92 Å². The summed E-state index contributed by atoms with van der Waals surface area (Å²) in [6, 6.07) is 6.31. The molecule has 0 amide bonds. The first-order valence-corrected chi connectivity index (χ1v) is 6.83. The highest BCUT2D eigenvalue weighted by Gasteiger charge is 2.23. The van der Waals surface area contributed by atoms with E-state index in [0.29, 0.717) is 12.5 Å². The van der Waals surface area contributed by atoms with Gasteiger partial charge in [0.1, 0.15) is 11.8 Å². The Balaban J connectivity index is 2.03. The first-order valence-electron chi connectivity index (χ1n) is 6.83. The van der Waals surface area contributed by atoms with Gasteiger partial charge in [-0.1, -0.05) is 12.1 Å². The maximum Gasteiger partial charge on any atom is 0.290 e. The van der Waals surface area contributed by atoms with E-state index in [1.165, 1.54) is 12.1 Å². The lowest BCUT2D eigenvalue weighted by Gasteiger charge is -2.14. The fourth-order valence-electron chi connectivity index (χ4n) is 2.46. The molecule has 1 fully saturated rings. The van der Waals surface area contributed by atoms with Gasteiger partial charge in [0, 0.05) is 25.1 Å². The van der Waals surface area contributed by atoms with Crippen LogP contribution in [-0.2, 0) is 0 Å². The highest BCUT2D eigenvalue weighted by Crippen LogP contribution is 2.28. The second-order valence-corrected chi connectivity index (χ2v) is 4.96. The molecule has 6 nitrogen and oxygen atoms in total. The fraction of sp³-hybridized carbons (Fsp3) is 0.400. The van der Waals surface area contributed by atoms with Crippen molar-refractivity contribution in [2.75, 3.05) is 19.7 Å². The minimum Gasteiger partial charge on any atom is -0.492 e. The molecule has 0 aromatic heterocycles. The normalized spacial score (nSPS) is 17.9. The number of nitrogens with zero attached hydrogens (tertiary/aromatic N) is 3. The van der Waals surface area contributed by atoms with Gasteiger partial charge in [0.2, 0.25) is 0 Å². The molecule has 1 aromatic carbocycles. The Bertz CT molecular complexity index is 592. The Morgan fingerprint density at radius 1 is 1.62 bits per heavy atom. The number of ether oxygens (including phenoxy) is 1. The van der Waals surface area contributed by atoms with Crippen molar-refractivity contribution in [3.63, 3.8) is 0 Å². The van der Waals surface area contributed by atoms with Gasteiger partial charge >= 0.3 is 0 Å². The fourth-order valence-corrected chi connectivity index (χ4v) is 2.46. The van der Waals surface area contributed by atoms with Crippen LogP contribution in [0.2, 0.25) is 0 Å². The summed E-state index contributed by atoms with van der Waals surface area (Å²) in [5, 5.41) is 20.0. The quantitative estimate of drug-likeness (QED) is 0.614. The first kappa shape index (κ1) is 14.9. The third kappa shape index (κ3) is 3.51. The van der Waals surface area contributed by atoms with E-state index in [0.717, 1.165) is 19.5 Å². The smallest absolute Gasteiger partial charge is 0.290 e. The standard InChI is InChI=1S/C15H17N3O3/c1-2-7-17-8-6-12(10-17)11-21-15-5-3-4-14(18(19)20)13(15)9-16/h2-5,7,12H,6,8,10-11H2,1H3. The van der Waals surface area contributed by atoms with Crippen LogP contribution in [0.1, 0.15) is 18.9 Å². The van der Waals surface area contributed by atoms with Crippen molar-refractivity contribution in [1.82, 2.24) is 4.90 Å². The highest BCUT2D eigenvalue weighted by molar-refractivity contribution is 5.56. The van der Waals surface area contributed by atoms with Crippen LogP contribution >= 0.6 is 0 Å². The van der Waals surface area contributed by atoms with Gasteiger partial charge in [-0.25, -0.2) is 0 Å².